The summed E-state index contributed by atoms with van der Waals surface area (Å²) in [6.07, 6.45) is 6.88. The Morgan fingerprint density at radius 3 is 2.74 bits per heavy atom. The molecule has 0 atom stereocenters. The van der Waals surface area contributed by atoms with Gasteiger partial charge in [0.25, 0.3) is 0 Å². The Balaban J connectivity index is 2.06. The maximum atomic E-state index is 6.10. The zero-order chi connectivity index (χ0) is 19.4. The fourth-order valence-corrected chi connectivity index (χ4v) is 3.39. The minimum absolute atomic E-state index is 0.577. The molecule has 0 radical (unpaired) electrons. The number of hydrogen-bond acceptors (Lipinski definition) is 3. The Morgan fingerprint density at radius 2 is 2.04 bits per heavy atom. The van der Waals surface area contributed by atoms with Gasteiger partial charge in [-0.15, -0.1) is 0 Å². The van der Waals surface area contributed by atoms with Gasteiger partial charge in [0.05, 0.1) is 7.11 Å². The second kappa shape index (κ2) is 8.33. The third-order valence-electron chi connectivity index (χ3n) is 4.60. The topological polar surface area (TPSA) is 77.1 Å². The lowest BCUT2D eigenvalue weighted by Crippen LogP contribution is -2.04. The van der Waals surface area contributed by atoms with Crippen molar-refractivity contribution in [2.45, 2.75) is 13.3 Å². The lowest BCUT2D eigenvalue weighted by Gasteiger charge is -2.06. The summed E-state index contributed by atoms with van der Waals surface area (Å²) < 4.78 is 5.35. The molecule has 140 valence electrons. The maximum Gasteiger partial charge on any atom is 0.120 e. The van der Waals surface area contributed by atoms with Crippen molar-refractivity contribution >= 4 is 39.8 Å². The molecule has 2 aromatic carbocycles. The van der Waals surface area contributed by atoms with E-state index in [0.29, 0.717) is 17.3 Å². The quantitative estimate of drug-likeness (QED) is 0.414. The summed E-state index contributed by atoms with van der Waals surface area (Å²) in [5.74, 6) is 0.818. The van der Waals surface area contributed by atoms with E-state index in [1.807, 2.05) is 43.3 Å². The Hall–Kier alpha value is -2.69. The van der Waals surface area contributed by atoms with E-state index in [0.717, 1.165) is 39.9 Å². The average Bonchev–Trinajstić information content (AvgIpc) is 3.03. The molecule has 0 saturated carbocycles. The molecule has 0 amide bonds. The summed E-state index contributed by atoms with van der Waals surface area (Å²) >= 11 is 6.10. The van der Waals surface area contributed by atoms with Crippen LogP contribution < -0.4 is 16.2 Å². The van der Waals surface area contributed by atoms with E-state index < -0.39 is 0 Å². The van der Waals surface area contributed by atoms with E-state index in [1.54, 1.807) is 13.2 Å². The molecule has 0 unspecified atom stereocenters. The molecular weight excluding hydrogens is 358 g/mol. The molecule has 27 heavy (non-hydrogen) atoms. The molecule has 0 aliphatic heterocycles. The normalized spacial score (nSPS) is 12.2. The van der Waals surface area contributed by atoms with Crippen molar-refractivity contribution in [1.29, 1.82) is 0 Å². The number of nitrogens with one attached hydrogen (secondary N) is 1. The van der Waals surface area contributed by atoms with Gasteiger partial charge in [-0.2, -0.15) is 0 Å². The molecule has 0 bridgehead atoms. The maximum absolute atomic E-state index is 6.10. The van der Waals surface area contributed by atoms with E-state index >= 15 is 0 Å². The highest BCUT2D eigenvalue weighted by molar-refractivity contribution is 6.30. The van der Waals surface area contributed by atoms with Crippen LogP contribution in [0.2, 0.25) is 5.02 Å². The van der Waals surface area contributed by atoms with Crippen LogP contribution in [0.3, 0.4) is 0 Å². The molecule has 4 nitrogen and oxygen atoms in total. The van der Waals surface area contributed by atoms with Crippen LogP contribution in [0.1, 0.15) is 23.7 Å². The molecule has 0 spiro atoms. The molecular formula is C22H24ClN3O. The number of H-pyrrole nitrogens is 1. The average molecular weight is 382 g/mol. The number of hydrogen-bond donors (Lipinski definition) is 3. The number of nitrogen functional groups attached to an aromatic ring is 1. The smallest absolute Gasteiger partial charge is 0.120 e. The van der Waals surface area contributed by atoms with Crippen LogP contribution in [0.5, 0.6) is 5.75 Å². The summed E-state index contributed by atoms with van der Waals surface area (Å²) in [5, 5.41) is 1.82. The number of methoxy groups -OCH3 is 1. The Kier molecular flexibility index (Phi) is 5.89. The second-order valence-electron chi connectivity index (χ2n) is 6.28. The van der Waals surface area contributed by atoms with E-state index in [9.17, 15) is 0 Å². The van der Waals surface area contributed by atoms with Crippen molar-refractivity contribution < 1.29 is 4.74 Å². The summed E-state index contributed by atoms with van der Waals surface area (Å²) in [6.45, 7) is 2.59. The second-order valence-corrected chi connectivity index (χ2v) is 6.72. The molecule has 5 N–H and O–H groups in total. The number of halogens is 1. The highest BCUT2D eigenvalue weighted by Crippen LogP contribution is 2.31. The van der Waals surface area contributed by atoms with Gasteiger partial charge < -0.3 is 21.2 Å². The van der Waals surface area contributed by atoms with Crippen molar-refractivity contribution in [2.75, 3.05) is 19.4 Å². The van der Waals surface area contributed by atoms with Crippen LogP contribution in [0.4, 0.5) is 5.69 Å². The molecule has 5 heteroatoms. The first-order valence-electron chi connectivity index (χ1n) is 8.85. The van der Waals surface area contributed by atoms with E-state index in [2.05, 4.69) is 17.1 Å². The molecule has 3 rings (SSSR count). The Bertz CT molecular complexity index is 1020. The van der Waals surface area contributed by atoms with Gasteiger partial charge in [-0.05, 0) is 66.9 Å². The van der Waals surface area contributed by atoms with Gasteiger partial charge in [-0.25, -0.2) is 0 Å². The van der Waals surface area contributed by atoms with E-state index in [1.165, 1.54) is 5.56 Å². The van der Waals surface area contributed by atoms with Crippen molar-refractivity contribution in [3.8, 4) is 5.75 Å². The predicted molar refractivity (Wildman–Crippen MR) is 116 cm³/mol. The van der Waals surface area contributed by atoms with Gasteiger partial charge in [0.2, 0.25) is 0 Å². The van der Waals surface area contributed by atoms with Gasteiger partial charge in [0.15, 0.2) is 0 Å². The number of allylic oxidation sites excluding steroid dienone is 3. The fraction of sp³-hybridized carbons (Fsp3) is 0.182. The van der Waals surface area contributed by atoms with Crippen molar-refractivity contribution in [2.24, 2.45) is 5.73 Å². The molecule has 0 fully saturated rings. The van der Waals surface area contributed by atoms with Gasteiger partial charge in [0.1, 0.15) is 5.75 Å². The van der Waals surface area contributed by atoms with Crippen molar-refractivity contribution in [1.82, 2.24) is 4.98 Å². The first-order valence-corrected chi connectivity index (χ1v) is 9.23. The lowest BCUT2D eigenvalue weighted by molar-refractivity contribution is 0.415. The summed E-state index contributed by atoms with van der Waals surface area (Å²) in [6, 6.07) is 11.5. The minimum Gasteiger partial charge on any atom is -0.497 e. The Labute approximate surface area is 164 Å². The van der Waals surface area contributed by atoms with Crippen molar-refractivity contribution in [3.05, 3.63) is 70.4 Å². The number of nitrogens with two attached hydrogens (primary N) is 2. The number of benzene rings is 2. The number of fused-ring (bicyclic) bond motifs is 1. The van der Waals surface area contributed by atoms with Gasteiger partial charge in [-0.3, -0.25) is 0 Å². The first-order chi connectivity index (χ1) is 13.1. The zero-order valence-corrected chi connectivity index (χ0v) is 16.3. The van der Waals surface area contributed by atoms with Crippen LogP contribution in [-0.4, -0.2) is 18.6 Å². The third kappa shape index (κ3) is 4.02. The number of aromatic amines is 1. The van der Waals surface area contributed by atoms with Crippen LogP contribution in [-0.2, 0) is 6.42 Å². The fourth-order valence-electron chi connectivity index (χ4n) is 3.21. The number of aromatic nitrogens is 1. The number of anilines is 1. The molecule has 3 aromatic rings. The van der Waals surface area contributed by atoms with Crippen LogP contribution >= 0.6 is 11.6 Å². The summed E-state index contributed by atoms with van der Waals surface area (Å²) in [5.41, 5.74) is 17.9. The number of ether oxygens (including phenoxy) is 1. The molecule has 1 heterocycles. The van der Waals surface area contributed by atoms with Gasteiger partial charge in [-0.1, -0.05) is 29.8 Å². The zero-order valence-electron chi connectivity index (χ0n) is 15.6. The molecule has 0 aliphatic rings. The van der Waals surface area contributed by atoms with Crippen LogP contribution in [0.25, 0.3) is 22.6 Å². The predicted octanol–water partition coefficient (Wildman–Crippen LogP) is 5.03. The molecule has 1 aromatic heterocycles. The van der Waals surface area contributed by atoms with Crippen molar-refractivity contribution in [3.63, 3.8) is 0 Å². The third-order valence-corrected chi connectivity index (χ3v) is 4.83. The van der Waals surface area contributed by atoms with Crippen LogP contribution in [0.15, 0.2) is 48.6 Å². The lowest BCUT2D eigenvalue weighted by atomic mass is 10.0. The molecule has 0 saturated heterocycles. The SMILES string of the molecule is C/C=C(/C=C/c1cc(Cl)ccc1N)c1[nH]c2cc(OC)ccc2c1CCN. The highest BCUT2D eigenvalue weighted by atomic mass is 35.5. The molecule has 0 aliphatic carbocycles. The van der Waals surface area contributed by atoms with E-state index in [4.69, 9.17) is 27.8 Å². The van der Waals surface area contributed by atoms with E-state index in [-0.39, 0.29) is 0 Å². The summed E-state index contributed by atoms with van der Waals surface area (Å²) in [4.78, 5) is 3.52. The largest absolute Gasteiger partial charge is 0.497 e. The standard InChI is InChI=1S/C22H24ClN3O/c1-3-14(4-5-15-12-16(23)6-9-20(15)25)22-19(10-11-24)18-8-7-17(27-2)13-21(18)26-22/h3-9,12-13,26H,10-11,24-25H2,1-2H3/b5-4+,14-3-. The highest BCUT2D eigenvalue weighted by Gasteiger charge is 2.13. The van der Waals surface area contributed by atoms with Gasteiger partial charge in [0, 0.05) is 33.4 Å². The summed E-state index contributed by atoms with van der Waals surface area (Å²) in [7, 11) is 1.67. The monoisotopic (exact) mass is 381 g/mol. The first kappa shape index (κ1) is 19.1. The Morgan fingerprint density at radius 1 is 1.22 bits per heavy atom. The van der Waals surface area contributed by atoms with Gasteiger partial charge >= 0.3 is 0 Å². The number of rotatable bonds is 6. The minimum atomic E-state index is 0.577. The van der Waals surface area contributed by atoms with Crippen LogP contribution in [0, 0.1) is 0 Å².